The van der Waals surface area contributed by atoms with E-state index in [0.29, 0.717) is 28.2 Å². The van der Waals surface area contributed by atoms with Gasteiger partial charge in [0.15, 0.2) is 0 Å². The molecule has 2 heterocycles. The maximum atomic E-state index is 13.6. The van der Waals surface area contributed by atoms with Gasteiger partial charge in [-0.1, -0.05) is 91.3 Å². The maximum Gasteiger partial charge on any atom is 0.272 e. The summed E-state index contributed by atoms with van der Waals surface area (Å²) < 4.78 is 0. The van der Waals surface area contributed by atoms with E-state index in [9.17, 15) is 19.6 Å². The number of carbonyl (C=O) groups excluding carboxylic acids is 3. The van der Waals surface area contributed by atoms with Gasteiger partial charge < -0.3 is 16.0 Å². The standard InChI is InChI=1S/C42H39N5O3S2/c1-3-37(41(50)46-42-35(25-43)34-20-21-47(27-38(34)52-42)26-29-13-6-4-7-14-29)51-33-19-11-18-32(24-33)44-40(49)36(23-30-15-10-12-28(2)22-30)45-39(48)31-16-8-5-9-17-31/h4-19,22-24,37H,3,20-21,26-27H2,1-2H3,(H,44,49)(H,45,48)(H,46,50)/b36-23+. The third-order valence-corrected chi connectivity index (χ3v) is 11.1. The Labute approximate surface area is 312 Å². The van der Waals surface area contributed by atoms with Crippen molar-refractivity contribution >= 4 is 57.6 Å². The second-order valence-electron chi connectivity index (χ2n) is 12.5. The lowest BCUT2D eigenvalue weighted by Gasteiger charge is -2.26. The van der Waals surface area contributed by atoms with E-state index >= 15 is 0 Å². The van der Waals surface area contributed by atoms with Gasteiger partial charge in [-0.05, 0) is 72.9 Å². The number of aryl methyl sites for hydroxylation is 1. The van der Waals surface area contributed by atoms with Crippen LogP contribution in [0.1, 0.15) is 56.4 Å². The van der Waals surface area contributed by atoms with Crippen LogP contribution >= 0.6 is 23.1 Å². The number of fused-ring (bicyclic) bond motifs is 1. The zero-order chi connectivity index (χ0) is 36.5. The van der Waals surface area contributed by atoms with Crippen LogP contribution in [0.15, 0.2) is 120 Å². The number of hydrogen-bond donors (Lipinski definition) is 3. The molecule has 4 aromatic carbocycles. The molecule has 52 heavy (non-hydrogen) atoms. The molecule has 0 fully saturated rings. The fraction of sp³-hybridized carbons (Fsp3) is 0.190. The number of amides is 3. The van der Waals surface area contributed by atoms with Crippen LogP contribution < -0.4 is 16.0 Å². The quantitative estimate of drug-likeness (QED) is 0.0880. The molecular weight excluding hydrogens is 687 g/mol. The van der Waals surface area contributed by atoms with Gasteiger partial charge in [-0.15, -0.1) is 23.1 Å². The molecular formula is C42H39N5O3S2. The SMILES string of the molecule is CCC(Sc1cccc(NC(=O)/C(=C\c2cccc(C)c2)NC(=O)c2ccccc2)c1)C(=O)Nc1sc2c(c1C#N)CCN(Cc1ccccc1)C2. The topological polar surface area (TPSA) is 114 Å². The highest BCUT2D eigenvalue weighted by atomic mass is 32.2. The van der Waals surface area contributed by atoms with Gasteiger partial charge in [0.2, 0.25) is 5.91 Å². The molecule has 5 aromatic rings. The fourth-order valence-electron chi connectivity index (χ4n) is 6.03. The third-order valence-electron chi connectivity index (χ3n) is 8.65. The molecule has 0 saturated carbocycles. The van der Waals surface area contributed by atoms with Crippen molar-refractivity contribution in [3.8, 4) is 6.07 Å². The Bertz CT molecular complexity index is 2140. The lowest BCUT2D eigenvalue weighted by Crippen LogP contribution is -2.30. The molecule has 262 valence electrons. The van der Waals surface area contributed by atoms with Gasteiger partial charge in [-0.3, -0.25) is 19.3 Å². The average Bonchev–Trinajstić information content (AvgIpc) is 3.50. The first-order valence-electron chi connectivity index (χ1n) is 17.1. The van der Waals surface area contributed by atoms with E-state index in [1.807, 2.05) is 80.6 Å². The first kappa shape index (κ1) is 36.3. The van der Waals surface area contributed by atoms with Crippen LogP contribution in [0.2, 0.25) is 0 Å². The average molecular weight is 726 g/mol. The summed E-state index contributed by atoms with van der Waals surface area (Å²) in [5, 5.41) is 19.0. The Hall–Kier alpha value is -5.47. The predicted molar refractivity (Wildman–Crippen MR) is 210 cm³/mol. The summed E-state index contributed by atoms with van der Waals surface area (Å²) in [5.41, 5.74) is 5.69. The van der Waals surface area contributed by atoms with Crippen molar-refractivity contribution in [2.45, 2.75) is 49.9 Å². The van der Waals surface area contributed by atoms with Crippen LogP contribution in [0.4, 0.5) is 10.7 Å². The summed E-state index contributed by atoms with van der Waals surface area (Å²) in [4.78, 5) is 44.6. The predicted octanol–water partition coefficient (Wildman–Crippen LogP) is 8.41. The largest absolute Gasteiger partial charge is 0.321 e. The molecule has 10 heteroatoms. The van der Waals surface area contributed by atoms with E-state index in [1.54, 1.807) is 36.4 Å². The van der Waals surface area contributed by atoms with Crippen LogP contribution in [-0.2, 0) is 29.1 Å². The minimum absolute atomic E-state index is 0.0958. The molecule has 0 aliphatic carbocycles. The molecule has 0 radical (unpaired) electrons. The highest BCUT2D eigenvalue weighted by molar-refractivity contribution is 8.00. The van der Waals surface area contributed by atoms with Crippen molar-refractivity contribution in [1.29, 1.82) is 5.26 Å². The Morgan fingerprint density at radius 2 is 1.69 bits per heavy atom. The minimum Gasteiger partial charge on any atom is -0.321 e. The van der Waals surface area contributed by atoms with E-state index < -0.39 is 17.1 Å². The summed E-state index contributed by atoms with van der Waals surface area (Å²) in [6.45, 7) is 6.34. The number of rotatable bonds is 12. The molecule has 8 nitrogen and oxygen atoms in total. The Kier molecular flexibility index (Phi) is 12.0. The number of nitrogens with one attached hydrogen (secondary N) is 3. The monoisotopic (exact) mass is 725 g/mol. The lowest BCUT2D eigenvalue weighted by atomic mass is 10.0. The van der Waals surface area contributed by atoms with Crippen LogP contribution in [0.3, 0.4) is 0 Å². The number of nitrogens with zero attached hydrogens (tertiary/aromatic N) is 2. The zero-order valence-electron chi connectivity index (χ0n) is 29.0. The minimum atomic E-state index is -0.481. The molecule has 6 rings (SSSR count). The van der Waals surface area contributed by atoms with Crippen molar-refractivity contribution in [3.05, 3.63) is 153 Å². The molecule has 1 unspecified atom stereocenters. The summed E-state index contributed by atoms with van der Waals surface area (Å²) in [6, 6.07) is 36.4. The second-order valence-corrected chi connectivity index (χ2v) is 14.9. The van der Waals surface area contributed by atoms with E-state index in [1.165, 1.54) is 28.7 Å². The van der Waals surface area contributed by atoms with Crippen molar-refractivity contribution < 1.29 is 14.4 Å². The normalized spacial score (nSPS) is 13.4. The molecule has 3 N–H and O–H groups in total. The maximum absolute atomic E-state index is 13.6. The van der Waals surface area contributed by atoms with Crippen molar-refractivity contribution in [1.82, 2.24) is 10.2 Å². The van der Waals surface area contributed by atoms with Crippen LogP contribution in [0.25, 0.3) is 6.08 Å². The molecule has 0 spiro atoms. The summed E-state index contributed by atoms with van der Waals surface area (Å²) >= 11 is 2.88. The number of benzene rings is 4. The second kappa shape index (κ2) is 17.2. The number of nitriles is 1. The van der Waals surface area contributed by atoms with E-state index in [4.69, 9.17) is 0 Å². The first-order valence-corrected chi connectivity index (χ1v) is 18.8. The van der Waals surface area contributed by atoms with Gasteiger partial charge >= 0.3 is 0 Å². The summed E-state index contributed by atoms with van der Waals surface area (Å²) in [7, 11) is 0. The Balaban J connectivity index is 1.13. The van der Waals surface area contributed by atoms with Gasteiger partial charge in [-0.25, -0.2) is 0 Å². The van der Waals surface area contributed by atoms with E-state index in [0.717, 1.165) is 52.5 Å². The number of thiophene rings is 1. The zero-order valence-corrected chi connectivity index (χ0v) is 30.7. The Morgan fingerprint density at radius 1 is 0.942 bits per heavy atom. The van der Waals surface area contributed by atoms with Crippen LogP contribution in [-0.4, -0.2) is 34.4 Å². The van der Waals surface area contributed by atoms with E-state index in [2.05, 4.69) is 39.1 Å². The first-order chi connectivity index (χ1) is 25.3. The molecule has 1 atom stereocenters. The summed E-state index contributed by atoms with van der Waals surface area (Å²) in [5.74, 6) is -1.05. The van der Waals surface area contributed by atoms with Gasteiger partial charge in [0, 0.05) is 40.7 Å². The smallest absolute Gasteiger partial charge is 0.272 e. The Morgan fingerprint density at radius 3 is 2.42 bits per heavy atom. The van der Waals surface area contributed by atoms with Gasteiger partial charge in [-0.2, -0.15) is 5.26 Å². The van der Waals surface area contributed by atoms with E-state index in [-0.39, 0.29) is 11.6 Å². The lowest BCUT2D eigenvalue weighted by molar-refractivity contribution is -0.116. The number of hydrogen-bond acceptors (Lipinski definition) is 7. The van der Waals surface area contributed by atoms with Gasteiger partial charge in [0.1, 0.15) is 16.8 Å². The summed E-state index contributed by atoms with van der Waals surface area (Å²) in [6.07, 6.45) is 2.97. The molecule has 3 amide bonds. The highest BCUT2D eigenvalue weighted by Crippen LogP contribution is 2.38. The molecule has 0 bridgehead atoms. The molecule has 0 saturated heterocycles. The number of anilines is 2. The molecule has 1 aliphatic heterocycles. The highest BCUT2D eigenvalue weighted by Gasteiger charge is 2.27. The number of thioether (sulfide) groups is 1. The van der Waals surface area contributed by atoms with Crippen LogP contribution in [0, 0.1) is 18.3 Å². The van der Waals surface area contributed by atoms with Crippen LogP contribution in [0.5, 0.6) is 0 Å². The van der Waals surface area contributed by atoms with Crippen molar-refractivity contribution in [3.63, 3.8) is 0 Å². The molecule has 1 aromatic heterocycles. The van der Waals surface area contributed by atoms with Gasteiger partial charge in [0.25, 0.3) is 11.8 Å². The number of carbonyl (C=O) groups is 3. The third kappa shape index (κ3) is 9.25. The van der Waals surface area contributed by atoms with Crippen molar-refractivity contribution in [2.75, 3.05) is 17.2 Å². The fourth-order valence-corrected chi connectivity index (χ4v) is 8.29. The molecule has 1 aliphatic rings. The van der Waals surface area contributed by atoms with Gasteiger partial charge in [0.05, 0.1) is 10.8 Å². The van der Waals surface area contributed by atoms with Crippen molar-refractivity contribution in [2.24, 2.45) is 0 Å².